The first kappa shape index (κ1) is 18.0. The van der Waals surface area contributed by atoms with Crippen molar-refractivity contribution in [3.8, 4) is 5.75 Å². The fraction of sp³-hybridized carbons (Fsp3) is 0.286. The van der Waals surface area contributed by atoms with Gasteiger partial charge in [0.1, 0.15) is 5.75 Å². The summed E-state index contributed by atoms with van der Waals surface area (Å²) in [6.07, 6.45) is 4.86. The maximum absolute atomic E-state index is 5.73. The summed E-state index contributed by atoms with van der Waals surface area (Å²) >= 11 is 0. The van der Waals surface area contributed by atoms with Gasteiger partial charge in [-0.3, -0.25) is 4.68 Å². The number of hydrogen-bond donors (Lipinski definition) is 1. The first-order chi connectivity index (χ1) is 12.8. The van der Waals surface area contributed by atoms with Crippen molar-refractivity contribution in [1.29, 1.82) is 0 Å². The Hall–Kier alpha value is -2.79. The Kier molecular flexibility index (Phi) is 6.67. The molecule has 0 saturated carbocycles. The molecule has 0 bridgehead atoms. The summed E-state index contributed by atoms with van der Waals surface area (Å²) in [5, 5.41) is 7.86. The van der Waals surface area contributed by atoms with Crippen molar-refractivity contribution in [3.63, 3.8) is 0 Å². The first-order valence-electron chi connectivity index (χ1n) is 8.84. The lowest BCUT2D eigenvalue weighted by Crippen LogP contribution is -2.03. The zero-order valence-electron chi connectivity index (χ0n) is 15.1. The Labute approximate surface area is 154 Å². The third-order valence-corrected chi connectivity index (χ3v) is 3.97. The van der Waals surface area contributed by atoms with Gasteiger partial charge >= 0.3 is 0 Å². The normalized spacial score (nSPS) is 10.7. The average molecular weight is 351 g/mol. The Morgan fingerprint density at radius 1 is 1.00 bits per heavy atom. The molecule has 0 fully saturated rings. The van der Waals surface area contributed by atoms with E-state index in [4.69, 9.17) is 9.47 Å². The lowest BCUT2D eigenvalue weighted by molar-refractivity contribution is 0.172. The molecule has 5 nitrogen and oxygen atoms in total. The second-order valence-corrected chi connectivity index (χ2v) is 6.11. The highest BCUT2D eigenvalue weighted by Crippen LogP contribution is 2.18. The van der Waals surface area contributed by atoms with Crippen molar-refractivity contribution >= 4 is 5.69 Å². The number of methoxy groups -OCH3 is 1. The molecule has 2 aromatic carbocycles. The van der Waals surface area contributed by atoms with Gasteiger partial charge in [0.05, 0.1) is 19.3 Å². The largest absolute Gasteiger partial charge is 0.493 e. The van der Waals surface area contributed by atoms with E-state index in [1.54, 1.807) is 7.11 Å². The van der Waals surface area contributed by atoms with Gasteiger partial charge in [0.15, 0.2) is 0 Å². The fourth-order valence-electron chi connectivity index (χ4n) is 2.65. The van der Waals surface area contributed by atoms with E-state index in [2.05, 4.69) is 28.7 Å². The number of benzene rings is 2. The van der Waals surface area contributed by atoms with Gasteiger partial charge in [0.2, 0.25) is 0 Å². The lowest BCUT2D eigenvalue weighted by Gasteiger charge is -2.09. The standard InChI is InChI=1S/C21H25N3O2/c1-25-11-6-12-26-21-10-5-9-20(13-21)22-14-19-15-23-24(17-19)16-18-7-3-2-4-8-18/h2-5,7-10,13,15,17,22H,6,11-12,14,16H2,1H3. The highest BCUT2D eigenvalue weighted by molar-refractivity contribution is 5.48. The fourth-order valence-corrected chi connectivity index (χ4v) is 2.65. The first-order valence-corrected chi connectivity index (χ1v) is 8.84. The summed E-state index contributed by atoms with van der Waals surface area (Å²) in [5.74, 6) is 0.867. The van der Waals surface area contributed by atoms with Crippen molar-refractivity contribution in [1.82, 2.24) is 9.78 Å². The van der Waals surface area contributed by atoms with E-state index >= 15 is 0 Å². The molecular formula is C21H25N3O2. The molecule has 0 amide bonds. The smallest absolute Gasteiger partial charge is 0.121 e. The molecule has 3 rings (SSSR count). The van der Waals surface area contributed by atoms with Crippen LogP contribution in [0.2, 0.25) is 0 Å². The zero-order chi connectivity index (χ0) is 18.0. The highest BCUT2D eigenvalue weighted by atomic mass is 16.5. The van der Waals surface area contributed by atoms with Crippen molar-refractivity contribution < 1.29 is 9.47 Å². The Morgan fingerprint density at radius 2 is 1.88 bits per heavy atom. The van der Waals surface area contributed by atoms with Gasteiger partial charge in [0.25, 0.3) is 0 Å². The molecule has 136 valence electrons. The van der Waals surface area contributed by atoms with E-state index in [1.807, 2.05) is 53.3 Å². The molecule has 0 atom stereocenters. The van der Waals surface area contributed by atoms with Gasteiger partial charge in [-0.1, -0.05) is 36.4 Å². The maximum Gasteiger partial charge on any atom is 0.121 e. The van der Waals surface area contributed by atoms with Gasteiger partial charge < -0.3 is 14.8 Å². The van der Waals surface area contributed by atoms with Gasteiger partial charge in [-0.2, -0.15) is 5.10 Å². The van der Waals surface area contributed by atoms with Crippen LogP contribution in [0.3, 0.4) is 0 Å². The minimum Gasteiger partial charge on any atom is -0.493 e. The van der Waals surface area contributed by atoms with Gasteiger partial charge in [-0.05, 0) is 17.7 Å². The van der Waals surface area contributed by atoms with Crippen molar-refractivity contribution in [3.05, 3.63) is 78.1 Å². The molecule has 3 aromatic rings. The van der Waals surface area contributed by atoms with Crippen LogP contribution in [0.15, 0.2) is 67.0 Å². The minimum atomic E-state index is 0.656. The lowest BCUT2D eigenvalue weighted by atomic mass is 10.2. The SMILES string of the molecule is COCCCOc1cccc(NCc2cnn(Cc3ccccc3)c2)c1. The van der Waals surface area contributed by atoms with E-state index < -0.39 is 0 Å². The van der Waals surface area contributed by atoms with Crippen LogP contribution < -0.4 is 10.1 Å². The van der Waals surface area contributed by atoms with Gasteiger partial charge in [-0.15, -0.1) is 0 Å². The number of rotatable bonds is 10. The quantitative estimate of drug-likeness (QED) is 0.562. The third kappa shape index (κ3) is 5.63. The van der Waals surface area contributed by atoms with E-state index in [0.717, 1.165) is 36.5 Å². The Morgan fingerprint density at radius 3 is 2.73 bits per heavy atom. The molecular weight excluding hydrogens is 326 g/mol. The Bertz CT molecular complexity index is 787. The summed E-state index contributed by atoms with van der Waals surface area (Å²) in [7, 11) is 1.70. The van der Waals surface area contributed by atoms with Crippen molar-refractivity contribution in [2.75, 3.05) is 25.6 Å². The third-order valence-electron chi connectivity index (χ3n) is 3.97. The van der Waals surface area contributed by atoms with Crippen LogP contribution in [0, 0.1) is 0 Å². The van der Waals surface area contributed by atoms with Crippen molar-refractivity contribution in [2.45, 2.75) is 19.5 Å². The molecule has 0 aliphatic rings. The van der Waals surface area contributed by atoms with Gasteiger partial charge in [-0.25, -0.2) is 0 Å². The molecule has 1 N–H and O–H groups in total. The highest BCUT2D eigenvalue weighted by Gasteiger charge is 2.01. The number of nitrogens with one attached hydrogen (secondary N) is 1. The zero-order valence-corrected chi connectivity index (χ0v) is 15.1. The Balaban J connectivity index is 1.49. The van der Waals surface area contributed by atoms with E-state index in [0.29, 0.717) is 13.2 Å². The van der Waals surface area contributed by atoms with Crippen LogP contribution in [-0.4, -0.2) is 30.1 Å². The van der Waals surface area contributed by atoms with Crippen LogP contribution in [-0.2, 0) is 17.8 Å². The summed E-state index contributed by atoms with van der Waals surface area (Å²) < 4.78 is 12.7. The average Bonchev–Trinajstić information content (AvgIpc) is 3.12. The van der Waals surface area contributed by atoms with Crippen molar-refractivity contribution in [2.24, 2.45) is 0 Å². The summed E-state index contributed by atoms with van der Waals surface area (Å²) in [6, 6.07) is 18.4. The number of ether oxygens (including phenoxy) is 2. The molecule has 0 aliphatic carbocycles. The molecule has 0 spiro atoms. The predicted octanol–water partition coefficient (Wildman–Crippen LogP) is 3.96. The monoisotopic (exact) mass is 351 g/mol. The molecule has 5 heteroatoms. The second-order valence-electron chi connectivity index (χ2n) is 6.11. The van der Waals surface area contributed by atoms with Gasteiger partial charge in [0, 0.05) is 50.2 Å². The molecule has 0 unspecified atom stereocenters. The summed E-state index contributed by atoms with van der Waals surface area (Å²) in [4.78, 5) is 0. The number of anilines is 1. The van der Waals surface area contributed by atoms with E-state index in [9.17, 15) is 0 Å². The van der Waals surface area contributed by atoms with Crippen LogP contribution in [0.4, 0.5) is 5.69 Å². The number of nitrogens with zero attached hydrogens (tertiary/aromatic N) is 2. The molecule has 0 saturated heterocycles. The van der Waals surface area contributed by atoms with Crippen LogP contribution in [0.25, 0.3) is 0 Å². The predicted molar refractivity (Wildman–Crippen MR) is 104 cm³/mol. The molecule has 0 aliphatic heterocycles. The van der Waals surface area contributed by atoms with E-state index in [-0.39, 0.29) is 0 Å². The summed E-state index contributed by atoms with van der Waals surface area (Å²) in [6.45, 7) is 2.88. The number of aromatic nitrogens is 2. The van der Waals surface area contributed by atoms with Crippen LogP contribution >= 0.6 is 0 Å². The second kappa shape index (κ2) is 9.63. The molecule has 1 heterocycles. The molecule has 1 aromatic heterocycles. The summed E-state index contributed by atoms with van der Waals surface area (Å²) in [5.41, 5.74) is 3.42. The van der Waals surface area contributed by atoms with Crippen LogP contribution in [0.5, 0.6) is 5.75 Å². The van der Waals surface area contributed by atoms with E-state index in [1.165, 1.54) is 5.56 Å². The van der Waals surface area contributed by atoms with Crippen LogP contribution in [0.1, 0.15) is 17.5 Å². The molecule has 26 heavy (non-hydrogen) atoms. The number of hydrogen-bond acceptors (Lipinski definition) is 4. The maximum atomic E-state index is 5.73. The molecule has 0 radical (unpaired) electrons. The topological polar surface area (TPSA) is 48.3 Å². The minimum absolute atomic E-state index is 0.656.